The van der Waals surface area contributed by atoms with Gasteiger partial charge in [-0.25, -0.2) is 0 Å². The molecule has 28 heavy (non-hydrogen) atoms. The van der Waals surface area contributed by atoms with E-state index in [-0.39, 0.29) is 11.7 Å². The van der Waals surface area contributed by atoms with Crippen LogP contribution < -0.4 is 10.6 Å². The highest BCUT2D eigenvalue weighted by molar-refractivity contribution is 6.30. The molecule has 0 saturated carbocycles. The van der Waals surface area contributed by atoms with Gasteiger partial charge >= 0.3 is 0 Å². The number of Topliss-reactive ketones (excluding diaryl/α,β-unsaturated/α-hetero) is 1. The van der Waals surface area contributed by atoms with Gasteiger partial charge in [-0.1, -0.05) is 35.9 Å². The minimum Gasteiger partial charge on any atom is -0.354 e. The number of carbonyl (C=O) groups is 2. The second-order valence-corrected chi connectivity index (χ2v) is 6.80. The topological polar surface area (TPSA) is 71.1 Å². The number of pyridine rings is 1. The lowest BCUT2D eigenvalue weighted by atomic mass is 10.1. The molecule has 0 unspecified atom stereocenters. The summed E-state index contributed by atoms with van der Waals surface area (Å²) in [5.74, 6) is -0.203. The molecule has 3 rings (SSSR count). The van der Waals surface area contributed by atoms with Crippen molar-refractivity contribution in [2.24, 2.45) is 0 Å². The summed E-state index contributed by atoms with van der Waals surface area (Å²) in [5, 5.41) is 6.74. The van der Waals surface area contributed by atoms with Crippen molar-refractivity contribution in [2.75, 3.05) is 11.9 Å². The molecular weight excluding hydrogens is 374 g/mol. The molecule has 5 nitrogen and oxygen atoms in total. The molecule has 0 bridgehead atoms. The maximum atomic E-state index is 12.4. The third kappa shape index (κ3) is 5.41. The zero-order chi connectivity index (χ0) is 19.9. The van der Waals surface area contributed by atoms with Crippen molar-refractivity contribution >= 4 is 34.7 Å². The molecule has 2 aromatic carbocycles. The van der Waals surface area contributed by atoms with E-state index in [9.17, 15) is 9.59 Å². The molecule has 1 heterocycles. The number of hydrogen-bond donors (Lipinski definition) is 2. The summed E-state index contributed by atoms with van der Waals surface area (Å²) in [5.41, 5.74) is 3.56. The van der Waals surface area contributed by atoms with Gasteiger partial charge in [0.25, 0.3) is 5.91 Å². The average Bonchev–Trinajstić information content (AvgIpc) is 2.68. The Morgan fingerprint density at radius 2 is 1.75 bits per heavy atom. The van der Waals surface area contributed by atoms with Crippen LogP contribution >= 0.6 is 11.6 Å². The van der Waals surface area contributed by atoms with Crippen molar-refractivity contribution in [3.05, 3.63) is 88.7 Å². The zero-order valence-corrected chi connectivity index (χ0v) is 16.2. The lowest BCUT2D eigenvalue weighted by Gasteiger charge is -2.09. The molecule has 2 N–H and O–H groups in total. The van der Waals surface area contributed by atoms with Crippen molar-refractivity contribution in [2.45, 2.75) is 13.3 Å². The molecule has 0 fully saturated rings. The van der Waals surface area contributed by atoms with Gasteiger partial charge in [0, 0.05) is 29.0 Å². The highest BCUT2D eigenvalue weighted by atomic mass is 35.5. The molecule has 0 radical (unpaired) electrons. The average molecular weight is 394 g/mol. The molecule has 142 valence electrons. The quantitative estimate of drug-likeness (QED) is 0.573. The zero-order valence-electron chi connectivity index (χ0n) is 15.4. The van der Waals surface area contributed by atoms with Gasteiger partial charge in [0.15, 0.2) is 5.78 Å². The van der Waals surface area contributed by atoms with Crippen LogP contribution in [0.2, 0.25) is 5.02 Å². The Morgan fingerprint density at radius 3 is 2.54 bits per heavy atom. The van der Waals surface area contributed by atoms with Crippen LogP contribution in [0, 0.1) is 0 Å². The minimum atomic E-state index is -0.198. The van der Waals surface area contributed by atoms with Gasteiger partial charge < -0.3 is 10.6 Å². The Morgan fingerprint density at radius 1 is 0.964 bits per heavy atom. The normalized spacial score (nSPS) is 10.4. The number of halogens is 1. The summed E-state index contributed by atoms with van der Waals surface area (Å²) >= 11 is 5.97. The molecule has 1 aromatic heterocycles. The molecule has 0 aliphatic carbocycles. The van der Waals surface area contributed by atoms with Crippen molar-refractivity contribution in [3.8, 4) is 0 Å². The number of rotatable bonds is 7. The van der Waals surface area contributed by atoms with Crippen molar-refractivity contribution in [3.63, 3.8) is 0 Å². The van der Waals surface area contributed by atoms with Gasteiger partial charge in [-0.05, 0) is 49.2 Å². The van der Waals surface area contributed by atoms with Crippen LogP contribution in [0.1, 0.15) is 33.2 Å². The Bertz CT molecular complexity index is 1000. The number of amides is 1. The summed E-state index contributed by atoms with van der Waals surface area (Å²) in [6.07, 6.45) is 3.84. The van der Waals surface area contributed by atoms with Crippen LogP contribution in [0.15, 0.2) is 67.0 Å². The van der Waals surface area contributed by atoms with E-state index in [1.165, 1.54) is 13.1 Å². The molecular formula is C22H20ClN3O2. The van der Waals surface area contributed by atoms with Crippen LogP contribution in [0.3, 0.4) is 0 Å². The number of carbonyl (C=O) groups excluding carboxylic acids is 2. The SMILES string of the molecule is CC(=O)c1cccc(Nc2cncc(C(=O)NCCc3cccc(Cl)c3)c2)c1. The number of hydrogen-bond acceptors (Lipinski definition) is 4. The molecule has 3 aromatic rings. The monoisotopic (exact) mass is 393 g/mol. The predicted molar refractivity (Wildman–Crippen MR) is 111 cm³/mol. The first-order valence-corrected chi connectivity index (χ1v) is 9.25. The largest absolute Gasteiger partial charge is 0.354 e. The number of benzene rings is 2. The van der Waals surface area contributed by atoms with E-state index in [0.29, 0.717) is 34.8 Å². The molecule has 1 amide bonds. The molecule has 0 spiro atoms. The first-order valence-electron chi connectivity index (χ1n) is 8.87. The Hall–Kier alpha value is -3.18. The predicted octanol–water partition coefficient (Wildman–Crippen LogP) is 4.65. The van der Waals surface area contributed by atoms with E-state index in [2.05, 4.69) is 15.6 Å². The standard InChI is InChI=1S/C22H20ClN3O2/c1-15(27)17-5-3-7-20(11-17)26-21-12-18(13-24-14-21)22(28)25-9-8-16-4-2-6-19(23)10-16/h2-7,10-14,26H,8-9H2,1H3,(H,25,28). The molecule has 0 saturated heterocycles. The van der Waals surface area contributed by atoms with Gasteiger partial charge in [0.2, 0.25) is 0 Å². The van der Waals surface area contributed by atoms with Crippen LogP contribution in [0.25, 0.3) is 0 Å². The molecule has 6 heteroatoms. The van der Waals surface area contributed by atoms with E-state index in [0.717, 1.165) is 11.3 Å². The Kier molecular flexibility index (Phi) is 6.40. The van der Waals surface area contributed by atoms with E-state index in [1.807, 2.05) is 30.3 Å². The lowest BCUT2D eigenvalue weighted by molar-refractivity contribution is 0.0952. The van der Waals surface area contributed by atoms with Gasteiger partial charge in [-0.3, -0.25) is 14.6 Å². The van der Waals surface area contributed by atoms with Crippen molar-refractivity contribution in [1.29, 1.82) is 0 Å². The summed E-state index contributed by atoms with van der Waals surface area (Å²) in [6.45, 7) is 2.02. The van der Waals surface area contributed by atoms with E-state index >= 15 is 0 Å². The Labute approximate surface area is 168 Å². The van der Waals surface area contributed by atoms with Gasteiger partial charge in [0.05, 0.1) is 17.4 Å². The summed E-state index contributed by atoms with van der Waals surface area (Å²) < 4.78 is 0. The highest BCUT2D eigenvalue weighted by Crippen LogP contribution is 2.18. The van der Waals surface area contributed by atoms with Crippen molar-refractivity contribution < 1.29 is 9.59 Å². The first-order chi connectivity index (χ1) is 13.5. The maximum Gasteiger partial charge on any atom is 0.252 e. The van der Waals surface area contributed by atoms with Gasteiger partial charge in [0.1, 0.15) is 0 Å². The summed E-state index contributed by atoms with van der Waals surface area (Å²) in [7, 11) is 0. The number of ketones is 1. The summed E-state index contributed by atoms with van der Waals surface area (Å²) in [4.78, 5) is 28.0. The number of aromatic nitrogens is 1. The molecule has 0 aliphatic heterocycles. The molecule has 0 aliphatic rings. The van der Waals surface area contributed by atoms with E-state index in [4.69, 9.17) is 11.6 Å². The third-order valence-corrected chi connectivity index (χ3v) is 4.38. The third-order valence-electron chi connectivity index (χ3n) is 4.15. The minimum absolute atomic E-state index is 0.00499. The highest BCUT2D eigenvalue weighted by Gasteiger charge is 2.08. The fourth-order valence-electron chi connectivity index (χ4n) is 2.73. The fourth-order valence-corrected chi connectivity index (χ4v) is 2.94. The smallest absolute Gasteiger partial charge is 0.252 e. The maximum absolute atomic E-state index is 12.4. The second-order valence-electron chi connectivity index (χ2n) is 6.36. The van der Waals surface area contributed by atoms with E-state index in [1.54, 1.807) is 30.5 Å². The summed E-state index contributed by atoms with van der Waals surface area (Å²) in [6, 6.07) is 16.5. The molecule has 0 atom stereocenters. The van der Waals surface area contributed by atoms with Crippen LogP contribution in [0.4, 0.5) is 11.4 Å². The number of anilines is 2. The number of nitrogens with zero attached hydrogens (tertiary/aromatic N) is 1. The lowest BCUT2D eigenvalue weighted by Crippen LogP contribution is -2.25. The second kappa shape index (κ2) is 9.15. The van der Waals surface area contributed by atoms with Crippen LogP contribution in [-0.4, -0.2) is 23.2 Å². The van der Waals surface area contributed by atoms with Crippen LogP contribution in [-0.2, 0) is 6.42 Å². The van der Waals surface area contributed by atoms with E-state index < -0.39 is 0 Å². The van der Waals surface area contributed by atoms with Crippen LogP contribution in [0.5, 0.6) is 0 Å². The van der Waals surface area contributed by atoms with Crippen molar-refractivity contribution in [1.82, 2.24) is 10.3 Å². The fraction of sp³-hybridized carbons (Fsp3) is 0.136. The van der Waals surface area contributed by atoms with Gasteiger partial charge in [-0.2, -0.15) is 0 Å². The van der Waals surface area contributed by atoms with Gasteiger partial charge in [-0.15, -0.1) is 0 Å². The first kappa shape index (κ1) is 19.6. The Balaban J connectivity index is 1.61. The number of nitrogens with one attached hydrogen (secondary N) is 2.